The van der Waals surface area contributed by atoms with Crippen LogP contribution < -0.4 is 10.3 Å². The predicted molar refractivity (Wildman–Crippen MR) is 75.8 cm³/mol. The fraction of sp³-hybridized carbons (Fsp3) is 0.333. The molecule has 0 unspecified atom stereocenters. The fourth-order valence-corrected chi connectivity index (χ4v) is 2.15. The van der Waals surface area contributed by atoms with Gasteiger partial charge in [-0.25, -0.2) is 5.10 Å². The molecule has 0 saturated heterocycles. The Balaban J connectivity index is 2.69. The van der Waals surface area contributed by atoms with E-state index in [0.717, 1.165) is 33.7 Å². The first-order valence-corrected chi connectivity index (χ1v) is 6.17. The number of methoxy groups -OCH3 is 1. The number of hydrogen-bond donors (Lipinski definition) is 1. The van der Waals surface area contributed by atoms with E-state index in [9.17, 15) is 4.79 Å². The summed E-state index contributed by atoms with van der Waals surface area (Å²) >= 11 is 0. The summed E-state index contributed by atoms with van der Waals surface area (Å²) in [5.41, 5.74) is 5.45. The van der Waals surface area contributed by atoms with Crippen LogP contribution in [-0.2, 0) is 0 Å². The maximum Gasteiger partial charge on any atom is 0.267 e. The molecule has 1 aromatic carbocycles. The van der Waals surface area contributed by atoms with Crippen LogP contribution in [-0.4, -0.2) is 17.3 Å². The van der Waals surface area contributed by atoms with Crippen LogP contribution in [0.1, 0.15) is 22.3 Å². The number of aryl methyl sites for hydroxylation is 2. The molecule has 0 aliphatic heterocycles. The van der Waals surface area contributed by atoms with Crippen molar-refractivity contribution < 1.29 is 4.74 Å². The van der Waals surface area contributed by atoms with Crippen molar-refractivity contribution in [3.05, 3.63) is 44.7 Å². The minimum Gasteiger partial charge on any atom is -0.496 e. The van der Waals surface area contributed by atoms with Gasteiger partial charge in [-0.05, 0) is 56.5 Å². The summed E-state index contributed by atoms with van der Waals surface area (Å²) in [7, 11) is 1.66. The Morgan fingerprint density at radius 2 is 1.74 bits per heavy atom. The number of aromatic amines is 1. The van der Waals surface area contributed by atoms with Gasteiger partial charge in [0.1, 0.15) is 5.75 Å². The average molecular weight is 258 g/mol. The van der Waals surface area contributed by atoms with E-state index in [4.69, 9.17) is 4.74 Å². The third kappa shape index (κ3) is 2.26. The third-order valence-electron chi connectivity index (χ3n) is 3.52. The number of ether oxygens (including phenoxy) is 1. The van der Waals surface area contributed by atoms with Crippen LogP contribution in [0.4, 0.5) is 0 Å². The van der Waals surface area contributed by atoms with E-state index >= 15 is 0 Å². The Kier molecular flexibility index (Phi) is 3.42. The van der Waals surface area contributed by atoms with Crippen LogP contribution >= 0.6 is 0 Å². The summed E-state index contributed by atoms with van der Waals surface area (Å²) in [6, 6.07) is 4.04. The van der Waals surface area contributed by atoms with E-state index in [2.05, 4.69) is 10.2 Å². The molecule has 1 aromatic heterocycles. The largest absolute Gasteiger partial charge is 0.496 e. The van der Waals surface area contributed by atoms with Crippen LogP contribution in [0, 0.1) is 27.7 Å². The van der Waals surface area contributed by atoms with Gasteiger partial charge in [0.25, 0.3) is 5.56 Å². The van der Waals surface area contributed by atoms with Gasteiger partial charge in [0.15, 0.2) is 0 Å². The van der Waals surface area contributed by atoms with Gasteiger partial charge in [-0.2, -0.15) is 5.10 Å². The zero-order valence-corrected chi connectivity index (χ0v) is 11.9. The lowest BCUT2D eigenvalue weighted by atomic mass is 9.98. The molecule has 4 heteroatoms. The van der Waals surface area contributed by atoms with Gasteiger partial charge >= 0.3 is 0 Å². The van der Waals surface area contributed by atoms with E-state index in [-0.39, 0.29) is 5.56 Å². The van der Waals surface area contributed by atoms with Crippen molar-refractivity contribution in [3.8, 4) is 17.0 Å². The quantitative estimate of drug-likeness (QED) is 0.901. The standard InChI is InChI=1S/C15H18N2O2/c1-8-7-13(19-5)9(2)6-12(8)14-10(3)11(4)15(18)17-16-14/h6-7H,1-5H3,(H,17,18). The molecule has 0 fully saturated rings. The van der Waals surface area contributed by atoms with Crippen LogP contribution in [0.5, 0.6) is 5.75 Å². The average Bonchev–Trinajstić information content (AvgIpc) is 2.39. The molecule has 100 valence electrons. The smallest absolute Gasteiger partial charge is 0.267 e. The topological polar surface area (TPSA) is 55.0 Å². The van der Waals surface area contributed by atoms with E-state index in [0.29, 0.717) is 5.56 Å². The predicted octanol–water partition coefficient (Wildman–Crippen LogP) is 2.68. The van der Waals surface area contributed by atoms with Crippen LogP contribution in [0.25, 0.3) is 11.3 Å². The first kappa shape index (κ1) is 13.3. The molecule has 2 aromatic rings. The van der Waals surface area contributed by atoms with Crippen molar-refractivity contribution in [1.29, 1.82) is 0 Å². The van der Waals surface area contributed by atoms with E-state index in [1.54, 1.807) is 7.11 Å². The van der Waals surface area contributed by atoms with Gasteiger partial charge in [0, 0.05) is 11.1 Å². The van der Waals surface area contributed by atoms with Crippen molar-refractivity contribution in [2.75, 3.05) is 7.11 Å². The highest BCUT2D eigenvalue weighted by atomic mass is 16.5. The lowest BCUT2D eigenvalue weighted by Crippen LogP contribution is -2.14. The Morgan fingerprint density at radius 1 is 1.05 bits per heavy atom. The second-order valence-corrected chi connectivity index (χ2v) is 4.79. The normalized spacial score (nSPS) is 10.6. The molecule has 1 N–H and O–H groups in total. The Labute approximate surface area is 112 Å². The van der Waals surface area contributed by atoms with Gasteiger partial charge in [0.2, 0.25) is 0 Å². The van der Waals surface area contributed by atoms with Gasteiger partial charge < -0.3 is 4.74 Å². The van der Waals surface area contributed by atoms with Crippen LogP contribution in [0.2, 0.25) is 0 Å². The third-order valence-corrected chi connectivity index (χ3v) is 3.52. The maximum atomic E-state index is 11.5. The number of benzene rings is 1. The summed E-state index contributed by atoms with van der Waals surface area (Å²) in [6.45, 7) is 7.74. The molecule has 0 bridgehead atoms. The van der Waals surface area contributed by atoms with Crippen LogP contribution in [0.3, 0.4) is 0 Å². The summed E-state index contributed by atoms with van der Waals surface area (Å²) in [5.74, 6) is 0.861. The highest BCUT2D eigenvalue weighted by molar-refractivity contribution is 5.69. The zero-order chi connectivity index (χ0) is 14.2. The van der Waals surface area contributed by atoms with Gasteiger partial charge in [-0.3, -0.25) is 4.79 Å². The van der Waals surface area contributed by atoms with Crippen molar-refractivity contribution in [2.24, 2.45) is 0 Å². The minimum atomic E-state index is -0.135. The summed E-state index contributed by atoms with van der Waals surface area (Å²) in [4.78, 5) is 11.5. The molecule has 0 spiro atoms. The van der Waals surface area contributed by atoms with Crippen molar-refractivity contribution in [2.45, 2.75) is 27.7 Å². The highest BCUT2D eigenvalue weighted by Crippen LogP contribution is 2.30. The summed E-state index contributed by atoms with van der Waals surface area (Å²) < 4.78 is 5.31. The first-order valence-electron chi connectivity index (χ1n) is 6.17. The Bertz CT molecular complexity index is 687. The highest BCUT2D eigenvalue weighted by Gasteiger charge is 2.13. The van der Waals surface area contributed by atoms with Crippen LogP contribution in [0.15, 0.2) is 16.9 Å². The zero-order valence-electron chi connectivity index (χ0n) is 11.9. The molecule has 0 atom stereocenters. The van der Waals surface area contributed by atoms with Gasteiger partial charge in [-0.1, -0.05) is 0 Å². The number of H-pyrrole nitrogens is 1. The number of nitrogens with one attached hydrogen (secondary N) is 1. The first-order chi connectivity index (χ1) is 8.95. The van der Waals surface area contributed by atoms with Crippen molar-refractivity contribution >= 4 is 0 Å². The second-order valence-electron chi connectivity index (χ2n) is 4.79. The maximum absolute atomic E-state index is 11.5. The molecule has 19 heavy (non-hydrogen) atoms. The number of nitrogens with zero attached hydrogens (tertiary/aromatic N) is 1. The van der Waals surface area contributed by atoms with Crippen molar-refractivity contribution in [3.63, 3.8) is 0 Å². The SMILES string of the molecule is COc1cc(C)c(-c2n[nH]c(=O)c(C)c2C)cc1C. The second kappa shape index (κ2) is 4.88. The molecule has 1 heterocycles. The van der Waals surface area contributed by atoms with Crippen molar-refractivity contribution in [1.82, 2.24) is 10.2 Å². The minimum absolute atomic E-state index is 0.135. The monoisotopic (exact) mass is 258 g/mol. The molecule has 0 radical (unpaired) electrons. The Hall–Kier alpha value is -2.10. The van der Waals surface area contributed by atoms with E-state index < -0.39 is 0 Å². The molecule has 0 aliphatic rings. The van der Waals surface area contributed by atoms with E-state index in [1.807, 2.05) is 39.8 Å². The number of hydrogen-bond acceptors (Lipinski definition) is 3. The van der Waals surface area contributed by atoms with E-state index in [1.165, 1.54) is 0 Å². The molecule has 4 nitrogen and oxygen atoms in total. The lowest BCUT2D eigenvalue weighted by molar-refractivity contribution is 0.411. The molecule has 0 saturated carbocycles. The molecular formula is C15H18N2O2. The molecule has 2 rings (SSSR count). The summed E-state index contributed by atoms with van der Waals surface area (Å²) in [6.07, 6.45) is 0. The lowest BCUT2D eigenvalue weighted by Gasteiger charge is -2.13. The molecule has 0 amide bonds. The molecule has 0 aliphatic carbocycles. The van der Waals surface area contributed by atoms with Gasteiger partial charge in [-0.15, -0.1) is 0 Å². The molecular weight excluding hydrogens is 240 g/mol. The summed E-state index contributed by atoms with van der Waals surface area (Å²) in [5, 5.41) is 6.73. The fourth-order valence-electron chi connectivity index (χ4n) is 2.15. The Morgan fingerprint density at radius 3 is 2.37 bits per heavy atom. The van der Waals surface area contributed by atoms with Gasteiger partial charge in [0.05, 0.1) is 12.8 Å². The number of rotatable bonds is 2. The number of aromatic nitrogens is 2.